The number of anilines is 1. The van der Waals surface area contributed by atoms with E-state index in [9.17, 15) is 14.4 Å². The second-order valence-corrected chi connectivity index (χ2v) is 7.80. The number of amides is 3. The zero-order valence-electron chi connectivity index (χ0n) is 14.8. The average Bonchev–Trinajstić information content (AvgIpc) is 2.55. The van der Waals surface area contributed by atoms with Crippen LogP contribution in [0.5, 0.6) is 0 Å². The van der Waals surface area contributed by atoms with Crippen LogP contribution in [0.3, 0.4) is 0 Å². The fraction of sp³-hybridized carbons (Fsp3) is 0.500. The Morgan fingerprint density at radius 3 is 2.56 bits per heavy atom. The van der Waals surface area contributed by atoms with Gasteiger partial charge in [0.2, 0.25) is 17.7 Å². The van der Waals surface area contributed by atoms with Gasteiger partial charge in [-0.3, -0.25) is 14.4 Å². The number of nitrogens with one attached hydrogen (secondary N) is 1. The second kappa shape index (κ2) is 7.44. The van der Waals surface area contributed by atoms with Gasteiger partial charge in [-0.05, 0) is 31.0 Å². The zero-order valence-corrected chi connectivity index (χ0v) is 15.5. The van der Waals surface area contributed by atoms with Gasteiger partial charge in [0.25, 0.3) is 0 Å². The largest absolute Gasteiger partial charge is 0.366 e. The van der Waals surface area contributed by atoms with Crippen molar-refractivity contribution in [2.75, 3.05) is 18.4 Å². The third-order valence-corrected chi connectivity index (χ3v) is 4.56. The molecule has 1 atom stereocenters. The number of hydrogen-bond donors (Lipinski definition) is 2. The number of carbonyl (C=O) groups is 3. The molecule has 1 fully saturated rings. The fourth-order valence-electron chi connectivity index (χ4n) is 2.86. The van der Waals surface area contributed by atoms with E-state index in [4.69, 9.17) is 17.3 Å². The molecule has 1 unspecified atom stereocenters. The van der Waals surface area contributed by atoms with Gasteiger partial charge < -0.3 is 16.0 Å². The monoisotopic (exact) mass is 365 g/mol. The SMILES string of the molecule is CC(C)(C)C(=O)N1CCCC(C(=O)Nc2cc(C(N)=O)ccc2Cl)C1. The number of hydrogen-bond acceptors (Lipinski definition) is 3. The van der Waals surface area contributed by atoms with Crippen LogP contribution in [0.4, 0.5) is 5.69 Å². The molecule has 136 valence electrons. The molecule has 0 bridgehead atoms. The molecule has 6 nitrogen and oxygen atoms in total. The van der Waals surface area contributed by atoms with Gasteiger partial charge in [-0.1, -0.05) is 32.4 Å². The number of carbonyl (C=O) groups excluding carboxylic acids is 3. The number of halogens is 1. The van der Waals surface area contributed by atoms with Gasteiger partial charge in [-0.2, -0.15) is 0 Å². The highest BCUT2D eigenvalue weighted by Gasteiger charge is 2.33. The first-order valence-corrected chi connectivity index (χ1v) is 8.67. The van der Waals surface area contributed by atoms with Crippen molar-refractivity contribution < 1.29 is 14.4 Å². The van der Waals surface area contributed by atoms with Crippen molar-refractivity contribution in [1.82, 2.24) is 4.90 Å². The maximum Gasteiger partial charge on any atom is 0.248 e. The lowest BCUT2D eigenvalue weighted by atomic mass is 9.91. The summed E-state index contributed by atoms with van der Waals surface area (Å²) in [6.45, 7) is 6.66. The molecule has 2 rings (SSSR count). The molecule has 0 aromatic heterocycles. The van der Waals surface area contributed by atoms with Gasteiger partial charge in [0.15, 0.2) is 0 Å². The molecular weight excluding hydrogens is 342 g/mol. The van der Waals surface area contributed by atoms with Crippen molar-refractivity contribution in [3.63, 3.8) is 0 Å². The molecule has 0 saturated carbocycles. The molecule has 1 aromatic carbocycles. The first-order chi connectivity index (χ1) is 11.6. The van der Waals surface area contributed by atoms with Crippen molar-refractivity contribution in [3.8, 4) is 0 Å². The lowest BCUT2D eigenvalue weighted by molar-refractivity contribution is -0.142. The van der Waals surface area contributed by atoms with E-state index in [-0.39, 0.29) is 23.3 Å². The van der Waals surface area contributed by atoms with E-state index in [2.05, 4.69) is 5.32 Å². The van der Waals surface area contributed by atoms with Crippen LogP contribution in [0.15, 0.2) is 18.2 Å². The molecule has 1 aromatic rings. The number of benzene rings is 1. The summed E-state index contributed by atoms with van der Waals surface area (Å²) in [5.41, 5.74) is 5.41. The minimum absolute atomic E-state index is 0.0405. The molecule has 0 spiro atoms. The number of nitrogens with zero attached hydrogens (tertiary/aromatic N) is 1. The number of likely N-dealkylation sites (tertiary alicyclic amines) is 1. The van der Waals surface area contributed by atoms with E-state index in [1.807, 2.05) is 20.8 Å². The Kier molecular flexibility index (Phi) is 5.72. The third kappa shape index (κ3) is 4.72. The van der Waals surface area contributed by atoms with Gasteiger partial charge in [-0.15, -0.1) is 0 Å². The van der Waals surface area contributed by atoms with Crippen LogP contribution in [0, 0.1) is 11.3 Å². The first-order valence-electron chi connectivity index (χ1n) is 8.29. The first kappa shape index (κ1) is 19.2. The minimum Gasteiger partial charge on any atom is -0.366 e. The van der Waals surface area contributed by atoms with E-state index in [0.29, 0.717) is 30.2 Å². The number of piperidine rings is 1. The Hall–Kier alpha value is -2.08. The molecular formula is C18H24ClN3O3. The third-order valence-electron chi connectivity index (χ3n) is 4.23. The van der Waals surface area contributed by atoms with Crippen molar-refractivity contribution in [1.29, 1.82) is 0 Å². The van der Waals surface area contributed by atoms with E-state index in [1.54, 1.807) is 4.90 Å². The maximum atomic E-state index is 12.6. The van der Waals surface area contributed by atoms with Crippen molar-refractivity contribution >= 4 is 35.0 Å². The Balaban J connectivity index is 2.09. The van der Waals surface area contributed by atoms with Gasteiger partial charge in [-0.25, -0.2) is 0 Å². The highest BCUT2D eigenvalue weighted by atomic mass is 35.5. The van der Waals surface area contributed by atoms with E-state index in [0.717, 1.165) is 6.42 Å². The van der Waals surface area contributed by atoms with Gasteiger partial charge in [0.1, 0.15) is 0 Å². The van der Waals surface area contributed by atoms with E-state index in [1.165, 1.54) is 18.2 Å². The Morgan fingerprint density at radius 2 is 1.96 bits per heavy atom. The molecule has 3 amide bonds. The van der Waals surface area contributed by atoms with Crippen molar-refractivity contribution in [2.24, 2.45) is 17.1 Å². The summed E-state index contributed by atoms with van der Waals surface area (Å²) >= 11 is 6.09. The summed E-state index contributed by atoms with van der Waals surface area (Å²) in [5.74, 6) is -1.08. The van der Waals surface area contributed by atoms with Crippen LogP contribution in [0.2, 0.25) is 5.02 Å². The lowest BCUT2D eigenvalue weighted by Crippen LogP contribution is -2.47. The van der Waals surface area contributed by atoms with Crippen LogP contribution in [0.25, 0.3) is 0 Å². The van der Waals surface area contributed by atoms with E-state index < -0.39 is 11.3 Å². The predicted octanol–water partition coefficient (Wildman–Crippen LogP) is 2.66. The summed E-state index contributed by atoms with van der Waals surface area (Å²) in [7, 11) is 0. The Morgan fingerprint density at radius 1 is 1.28 bits per heavy atom. The van der Waals surface area contributed by atoms with Crippen LogP contribution in [-0.4, -0.2) is 35.7 Å². The topological polar surface area (TPSA) is 92.5 Å². The molecule has 7 heteroatoms. The number of primary amides is 1. The molecule has 0 aliphatic carbocycles. The quantitative estimate of drug-likeness (QED) is 0.862. The normalized spacial score (nSPS) is 17.9. The van der Waals surface area contributed by atoms with Gasteiger partial charge in [0, 0.05) is 24.1 Å². The predicted molar refractivity (Wildman–Crippen MR) is 97.4 cm³/mol. The number of rotatable bonds is 3. The smallest absolute Gasteiger partial charge is 0.248 e. The summed E-state index contributed by atoms with van der Waals surface area (Å²) in [6.07, 6.45) is 1.47. The van der Waals surface area contributed by atoms with Crippen molar-refractivity contribution in [3.05, 3.63) is 28.8 Å². The minimum atomic E-state index is -0.591. The van der Waals surface area contributed by atoms with Crippen LogP contribution in [0.1, 0.15) is 44.0 Å². The Bertz CT molecular complexity index is 697. The molecule has 1 saturated heterocycles. The van der Waals surface area contributed by atoms with Crippen molar-refractivity contribution in [2.45, 2.75) is 33.6 Å². The summed E-state index contributed by atoms with van der Waals surface area (Å²) in [6, 6.07) is 4.49. The molecule has 1 aliphatic rings. The lowest BCUT2D eigenvalue weighted by Gasteiger charge is -2.35. The molecule has 1 heterocycles. The highest BCUT2D eigenvalue weighted by Crippen LogP contribution is 2.27. The number of nitrogens with two attached hydrogens (primary N) is 1. The second-order valence-electron chi connectivity index (χ2n) is 7.39. The molecule has 3 N–H and O–H groups in total. The summed E-state index contributed by atoms with van der Waals surface area (Å²) in [5, 5.41) is 3.09. The molecule has 0 radical (unpaired) electrons. The molecule has 25 heavy (non-hydrogen) atoms. The van der Waals surface area contributed by atoms with Gasteiger partial charge in [0.05, 0.1) is 16.6 Å². The van der Waals surface area contributed by atoms with Crippen LogP contribution >= 0.6 is 11.6 Å². The average molecular weight is 366 g/mol. The van der Waals surface area contributed by atoms with Crippen LogP contribution < -0.4 is 11.1 Å². The summed E-state index contributed by atoms with van der Waals surface area (Å²) < 4.78 is 0. The van der Waals surface area contributed by atoms with E-state index >= 15 is 0 Å². The fourth-order valence-corrected chi connectivity index (χ4v) is 3.02. The highest BCUT2D eigenvalue weighted by molar-refractivity contribution is 6.33. The maximum absolute atomic E-state index is 12.6. The zero-order chi connectivity index (χ0) is 18.8. The van der Waals surface area contributed by atoms with Crippen LogP contribution in [-0.2, 0) is 9.59 Å². The van der Waals surface area contributed by atoms with Gasteiger partial charge >= 0.3 is 0 Å². The standard InChI is InChI=1S/C18H24ClN3O3/c1-18(2,3)17(25)22-8-4-5-12(10-22)16(24)21-14-9-11(15(20)23)6-7-13(14)19/h6-7,9,12H,4-5,8,10H2,1-3H3,(H2,20,23)(H,21,24). The summed E-state index contributed by atoms with van der Waals surface area (Å²) in [4.78, 5) is 38.1. The molecule has 1 aliphatic heterocycles. The Labute approximate surface area is 152 Å².